The molecule has 148 valence electrons. The second-order valence-electron chi connectivity index (χ2n) is 5.56. The fraction of sp³-hybridized carbons (Fsp3) is 0.750. The highest BCUT2D eigenvalue weighted by atomic mass is 32.2. The Labute approximate surface area is 157 Å². The third-order valence-electron chi connectivity index (χ3n) is 3.74. The zero-order valence-corrected chi connectivity index (χ0v) is 16.1. The van der Waals surface area contributed by atoms with Gasteiger partial charge in [-0.1, -0.05) is 0 Å². The molecule has 1 unspecified atom stereocenters. The minimum atomic E-state index is -0.322. The van der Waals surface area contributed by atoms with E-state index in [0.29, 0.717) is 39.4 Å². The van der Waals surface area contributed by atoms with Gasteiger partial charge < -0.3 is 20.1 Å². The molecular weight excluding hydrogens is 362 g/mol. The molecule has 0 aromatic rings. The number of nitrogens with zero attached hydrogens (tertiary/aromatic N) is 1. The Hall–Kier alpha value is -1.65. The number of rotatable bonds is 13. The highest BCUT2D eigenvalue weighted by molar-refractivity contribution is 8.00. The Kier molecular flexibility index (Phi) is 10.9. The van der Waals surface area contributed by atoms with Gasteiger partial charge in [0.25, 0.3) is 0 Å². The molecule has 26 heavy (non-hydrogen) atoms. The van der Waals surface area contributed by atoms with Crippen LogP contribution in [0, 0.1) is 0 Å². The van der Waals surface area contributed by atoms with Crippen molar-refractivity contribution >= 4 is 35.4 Å². The van der Waals surface area contributed by atoms with E-state index in [9.17, 15) is 19.2 Å². The van der Waals surface area contributed by atoms with Crippen LogP contribution in [0.25, 0.3) is 0 Å². The summed E-state index contributed by atoms with van der Waals surface area (Å²) in [5, 5.41) is 4.85. The molecule has 10 heteroatoms. The van der Waals surface area contributed by atoms with Gasteiger partial charge in [0, 0.05) is 39.4 Å². The van der Waals surface area contributed by atoms with Crippen LogP contribution in [0.2, 0.25) is 0 Å². The highest BCUT2D eigenvalue weighted by Gasteiger charge is 2.37. The van der Waals surface area contributed by atoms with Crippen LogP contribution in [-0.4, -0.2) is 86.6 Å². The van der Waals surface area contributed by atoms with Gasteiger partial charge in [-0.25, -0.2) is 0 Å². The first-order chi connectivity index (χ1) is 12.5. The van der Waals surface area contributed by atoms with E-state index in [1.807, 2.05) is 0 Å². The second-order valence-corrected chi connectivity index (χ2v) is 6.60. The molecule has 1 heterocycles. The summed E-state index contributed by atoms with van der Waals surface area (Å²) in [5.74, 6) is -0.740. The Morgan fingerprint density at radius 2 is 1.81 bits per heavy atom. The molecule has 0 radical (unpaired) electrons. The first-order valence-electron chi connectivity index (χ1n) is 8.49. The lowest BCUT2D eigenvalue weighted by Crippen LogP contribution is -2.36. The Morgan fingerprint density at radius 3 is 2.42 bits per heavy atom. The van der Waals surface area contributed by atoms with Crippen LogP contribution < -0.4 is 10.6 Å². The van der Waals surface area contributed by atoms with Gasteiger partial charge in [0.15, 0.2) is 0 Å². The molecule has 1 aliphatic rings. The second kappa shape index (κ2) is 12.7. The van der Waals surface area contributed by atoms with Crippen LogP contribution in [-0.2, 0) is 28.7 Å². The predicted octanol–water partition coefficient (Wildman–Crippen LogP) is -0.847. The molecule has 2 N–H and O–H groups in total. The van der Waals surface area contributed by atoms with Gasteiger partial charge in [-0.2, -0.15) is 11.8 Å². The third-order valence-corrected chi connectivity index (χ3v) is 4.68. The lowest BCUT2D eigenvalue weighted by molar-refractivity contribution is -0.138. The number of carbonyl (C=O) groups excluding carboxylic acids is 4. The van der Waals surface area contributed by atoms with Gasteiger partial charge in [0.05, 0.1) is 31.7 Å². The number of ether oxygens (including phenoxy) is 2. The van der Waals surface area contributed by atoms with E-state index in [1.54, 1.807) is 13.3 Å². The fourth-order valence-corrected chi connectivity index (χ4v) is 2.89. The standard InChI is InChI=1S/C16H27N3O6S/c1-17-13(20)4-7-24-9-10-25-8-5-18-14(21)3-6-19-15(22)11-12(26-2)16(19)23/h12H,3-11H2,1-2H3,(H,17,20)(H,18,21). The van der Waals surface area contributed by atoms with Crippen molar-refractivity contribution in [3.63, 3.8) is 0 Å². The first kappa shape index (κ1) is 22.4. The maximum absolute atomic E-state index is 11.9. The smallest absolute Gasteiger partial charge is 0.242 e. The Balaban J connectivity index is 2.00. The molecule has 1 rings (SSSR count). The number of hydrogen-bond donors (Lipinski definition) is 2. The van der Waals surface area contributed by atoms with Crippen molar-refractivity contribution in [3.8, 4) is 0 Å². The Bertz CT molecular complexity index is 502. The monoisotopic (exact) mass is 389 g/mol. The zero-order valence-electron chi connectivity index (χ0n) is 15.2. The lowest BCUT2D eigenvalue weighted by Gasteiger charge is -2.14. The molecule has 0 aromatic carbocycles. The van der Waals surface area contributed by atoms with Gasteiger partial charge in [0.2, 0.25) is 23.6 Å². The minimum absolute atomic E-state index is 0.0741. The quantitative estimate of drug-likeness (QED) is 0.312. The average molecular weight is 389 g/mol. The topological polar surface area (TPSA) is 114 Å². The maximum Gasteiger partial charge on any atom is 0.242 e. The summed E-state index contributed by atoms with van der Waals surface area (Å²) in [4.78, 5) is 47.5. The molecule has 9 nitrogen and oxygen atoms in total. The lowest BCUT2D eigenvalue weighted by atomic mass is 10.3. The Morgan fingerprint density at radius 1 is 1.12 bits per heavy atom. The summed E-state index contributed by atoms with van der Waals surface area (Å²) in [7, 11) is 1.57. The van der Waals surface area contributed by atoms with Crippen molar-refractivity contribution in [1.82, 2.24) is 15.5 Å². The van der Waals surface area contributed by atoms with Gasteiger partial charge in [-0.05, 0) is 6.26 Å². The first-order valence-corrected chi connectivity index (χ1v) is 9.78. The van der Waals surface area contributed by atoms with Crippen molar-refractivity contribution in [1.29, 1.82) is 0 Å². The van der Waals surface area contributed by atoms with E-state index in [4.69, 9.17) is 9.47 Å². The molecule has 0 aromatic heterocycles. The van der Waals surface area contributed by atoms with Gasteiger partial charge in [0.1, 0.15) is 0 Å². The maximum atomic E-state index is 11.9. The number of likely N-dealkylation sites (tertiary alicyclic amines) is 1. The average Bonchev–Trinajstić information content (AvgIpc) is 2.91. The molecule has 1 atom stereocenters. The van der Waals surface area contributed by atoms with Crippen LogP contribution in [0.15, 0.2) is 0 Å². The minimum Gasteiger partial charge on any atom is -0.379 e. The van der Waals surface area contributed by atoms with E-state index in [1.165, 1.54) is 11.8 Å². The van der Waals surface area contributed by atoms with Crippen LogP contribution >= 0.6 is 11.8 Å². The van der Waals surface area contributed by atoms with Crippen LogP contribution in [0.4, 0.5) is 0 Å². The summed E-state index contributed by atoms with van der Waals surface area (Å²) in [6.45, 7) is 1.87. The zero-order chi connectivity index (χ0) is 19.4. The SMILES string of the molecule is CNC(=O)CCOCCOCCNC(=O)CCN1C(=O)CC(SC)C1=O. The third kappa shape index (κ3) is 8.15. The summed E-state index contributed by atoms with van der Waals surface area (Å²) in [5.41, 5.74) is 0. The number of thioether (sulfide) groups is 1. The van der Waals surface area contributed by atoms with E-state index in [-0.39, 0.29) is 48.3 Å². The van der Waals surface area contributed by atoms with Gasteiger partial charge in [-0.15, -0.1) is 0 Å². The number of imide groups is 1. The predicted molar refractivity (Wildman–Crippen MR) is 96.6 cm³/mol. The normalized spacial score (nSPS) is 16.8. The number of nitrogens with one attached hydrogen (secondary N) is 2. The van der Waals surface area contributed by atoms with Crippen molar-refractivity contribution in [2.24, 2.45) is 0 Å². The molecule has 0 bridgehead atoms. The van der Waals surface area contributed by atoms with Crippen LogP contribution in [0.5, 0.6) is 0 Å². The molecule has 4 amide bonds. The van der Waals surface area contributed by atoms with E-state index < -0.39 is 0 Å². The summed E-state index contributed by atoms with van der Waals surface area (Å²) < 4.78 is 10.5. The van der Waals surface area contributed by atoms with Crippen LogP contribution in [0.1, 0.15) is 19.3 Å². The fourth-order valence-electron chi connectivity index (χ4n) is 2.25. The van der Waals surface area contributed by atoms with E-state index >= 15 is 0 Å². The van der Waals surface area contributed by atoms with Gasteiger partial charge in [-0.3, -0.25) is 24.1 Å². The van der Waals surface area contributed by atoms with Crippen molar-refractivity contribution in [2.75, 3.05) is 52.8 Å². The molecule has 0 saturated carbocycles. The van der Waals surface area contributed by atoms with Gasteiger partial charge >= 0.3 is 0 Å². The van der Waals surface area contributed by atoms with E-state index in [0.717, 1.165) is 4.90 Å². The molecular formula is C16H27N3O6S. The molecule has 0 spiro atoms. The van der Waals surface area contributed by atoms with Crippen LogP contribution in [0.3, 0.4) is 0 Å². The molecule has 1 fully saturated rings. The number of hydrogen-bond acceptors (Lipinski definition) is 7. The largest absolute Gasteiger partial charge is 0.379 e. The highest BCUT2D eigenvalue weighted by Crippen LogP contribution is 2.22. The van der Waals surface area contributed by atoms with E-state index in [2.05, 4.69) is 10.6 Å². The number of amides is 4. The van der Waals surface area contributed by atoms with Crippen molar-refractivity contribution < 1.29 is 28.7 Å². The van der Waals surface area contributed by atoms with Crippen molar-refractivity contribution in [2.45, 2.75) is 24.5 Å². The van der Waals surface area contributed by atoms with Crippen molar-refractivity contribution in [3.05, 3.63) is 0 Å². The summed E-state index contributed by atoms with van der Waals surface area (Å²) in [6.07, 6.45) is 2.40. The summed E-state index contributed by atoms with van der Waals surface area (Å²) in [6, 6.07) is 0. The molecule has 1 saturated heterocycles. The molecule has 0 aliphatic carbocycles. The number of carbonyl (C=O) groups is 4. The summed E-state index contributed by atoms with van der Waals surface area (Å²) >= 11 is 1.35. The molecule has 1 aliphatic heterocycles.